The van der Waals surface area contributed by atoms with Gasteiger partial charge in [-0.05, 0) is 31.5 Å². The van der Waals surface area contributed by atoms with E-state index >= 15 is 0 Å². The van der Waals surface area contributed by atoms with Crippen LogP contribution in [0.3, 0.4) is 0 Å². The maximum Gasteiger partial charge on any atom is 0.0839 e. The number of likely N-dealkylation sites (tertiary alicyclic amines) is 1. The number of piperidine rings is 1. The van der Waals surface area contributed by atoms with Gasteiger partial charge >= 0.3 is 0 Å². The Morgan fingerprint density at radius 2 is 2.11 bits per heavy atom. The van der Waals surface area contributed by atoms with Crippen molar-refractivity contribution in [3.8, 4) is 0 Å². The Hall–Kier alpha value is -1.10. The van der Waals surface area contributed by atoms with Crippen molar-refractivity contribution in [2.75, 3.05) is 31.5 Å². The highest BCUT2D eigenvalue weighted by atomic mass is 16.3. The molecule has 2 atom stereocenters. The van der Waals surface area contributed by atoms with E-state index < -0.39 is 6.10 Å². The van der Waals surface area contributed by atoms with Gasteiger partial charge in [0.1, 0.15) is 0 Å². The first-order chi connectivity index (χ1) is 8.74. The number of aliphatic hydroxyl groups excluding tert-OH is 2. The highest BCUT2D eigenvalue weighted by molar-refractivity contribution is 5.42. The standard InChI is InChI=1S/C14H22N2O2/c17-13-7-4-8-16(10-13)11-14(18)9-15-12-5-2-1-3-6-12/h1-3,5-6,13-15,17-18H,4,7-11H2/t13-,14+/m1/s1. The molecule has 0 spiro atoms. The highest BCUT2D eigenvalue weighted by Gasteiger charge is 2.19. The molecule has 4 nitrogen and oxygen atoms in total. The zero-order valence-electron chi connectivity index (χ0n) is 10.6. The summed E-state index contributed by atoms with van der Waals surface area (Å²) >= 11 is 0. The van der Waals surface area contributed by atoms with Crippen molar-refractivity contribution in [3.63, 3.8) is 0 Å². The van der Waals surface area contributed by atoms with E-state index in [1.54, 1.807) is 0 Å². The van der Waals surface area contributed by atoms with E-state index in [0.29, 0.717) is 19.6 Å². The van der Waals surface area contributed by atoms with Gasteiger partial charge in [0.05, 0.1) is 12.2 Å². The quantitative estimate of drug-likeness (QED) is 0.727. The highest BCUT2D eigenvalue weighted by Crippen LogP contribution is 2.10. The van der Waals surface area contributed by atoms with E-state index in [9.17, 15) is 10.2 Å². The molecule has 3 N–H and O–H groups in total. The molecule has 1 aliphatic heterocycles. The summed E-state index contributed by atoms with van der Waals surface area (Å²) in [5.41, 5.74) is 1.02. The summed E-state index contributed by atoms with van der Waals surface area (Å²) in [7, 11) is 0. The molecule has 0 aliphatic carbocycles. The molecule has 0 bridgehead atoms. The summed E-state index contributed by atoms with van der Waals surface area (Å²) in [6.45, 7) is 2.81. The number of β-amino-alcohol motifs (C(OH)–C–C–N with tert-alkyl or cyclic N) is 2. The first kappa shape index (κ1) is 13.3. The smallest absolute Gasteiger partial charge is 0.0839 e. The lowest BCUT2D eigenvalue weighted by Crippen LogP contribution is -2.43. The van der Waals surface area contributed by atoms with Crippen molar-refractivity contribution < 1.29 is 10.2 Å². The molecule has 1 fully saturated rings. The minimum absolute atomic E-state index is 0.229. The number of hydrogen-bond acceptors (Lipinski definition) is 4. The van der Waals surface area contributed by atoms with Gasteiger partial charge < -0.3 is 15.5 Å². The van der Waals surface area contributed by atoms with Gasteiger partial charge in [-0.25, -0.2) is 0 Å². The van der Waals surface area contributed by atoms with Crippen molar-refractivity contribution in [1.82, 2.24) is 4.90 Å². The van der Waals surface area contributed by atoms with E-state index in [-0.39, 0.29) is 6.10 Å². The molecular formula is C14H22N2O2. The van der Waals surface area contributed by atoms with Crippen LogP contribution < -0.4 is 5.32 Å². The summed E-state index contributed by atoms with van der Waals surface area (Å²) < 4.78 is 0. The third-order valence-electron chi connectivity index (χ3n) is 3.27. The van der Waals surface area contributed by atoms with Crippen molar-refractivity contribution in [2.45, 2.75) is 25.0 Å². The molecule has 0 amide bonds. The topological polar surface area (TPSA) is 55.7 Å². The third-order valence-corrected chi connectivity index (χ3v) is 3.27. The largest absolute Gasteiger partial charge is 0.392 e. The second-order valence-corrected chi connectivity index (χ2v) is 4.96. The predicted octanol–water partition coefficient (Wildman–Crippen LogP) is 0.916. The van der Waals surface area contributed by atoms with Gasteiger partial charge in [0.25, 0.3) is 0 Å². The van der Waals surface area contributed by atoms with Crippen molar-refractivity contribution in [1.29, 1.82) is 0 Å². The Bertz CT molecular complexity index is 345. The van der Waals surface area contributed by atoms with Crippen LogP contribution in [0.5, 0.6) is 0 Å². The molecule has 0 unspecified atom stereocenters. The zero-order valence-corrected chi connectivity index (χ0v) is 10.6. The molecule has 1 heterocycles. The summed E-state index contributed by atoms with van der Waals surface area (Å²) in [6, 6.07) is 9.87. The zero-order chi connectivity index (χ0) is 12.8. The lowest BCUT2D eigenvalue weighted by atomic mass is 10.1. The van der Waals surface area contributed by atoms with Crippen molar-refractivity contribution in [3.05, 3.63) is 30.3 Å². The molecule has 0 radical (unpaired) electrons. The molecule has 0 aromatic heterocycles. The van der Waals surface area contributed by atoms with Crippen molar-refractivity contribution in [2.24, 2.45) is 0 Å². The molecule has 0 saturated carbocycles. The molecule has 1 aromatic carbocycles. The third kappa shape index (κ3) is 4.29. The Labute approximate surface area is 108 Å². The Balaban J connectivity index is 1.70. The molecule has 4 heteroatoms. The Morgan fingerprint density at radius 1 is 1.33 bits per heavy atom. The van der Waals surface area contributed by atoms with E-state index in [0.717, 1.165) is 25.1 Å². The van der Waals surface area contributed by atoms with E-state index in [4.69, 9.17) is 0 Å². The first-order valence-corrected chi connectivity index (χ1v) is 6.61. The lowest BCUT2D eigenvalue weighted by Gasteiger charge is -2.31. The Morgan fingerprint density at radius 3 is 2.83 bits per heavy atom. The monoisotopic (exact) mass is 250 g/mol. The van der Waals surface area contributed by atoms with Gasteiger partial charge in [0.2, 0.25) is 0 Å². The van der Waals surface area contributed by atoms with E-state index in [2.05, 4.69) is 10.2 Å². The van der Waals surface area contributed by atoms with Gasteiger partial charge in [-0.15, -0.1) is 0 Å². The number of nitrogens with zero attached hydrogens (tertiary/aromatic N) is 1. The van der Waals surface area contributed by atoms with Crippen LogP contribution in [-0.2, 0) is 0 Å². The number of rotatable bonds is 5. The molecule has 100 valence electrons. The summed E-state index contributed by atoms with van der Waals surface area (Å²) in [6.07, 6.45) is 1.26. The predicted molar refractivity (Wildman–Crippen MR) is 72.6 cm³/mol. The second-order valence-electron chi connectivity index (χ2n) is 4.96. The molecular weight excluding hydrogens is 228 g/mol. The number of hydrogen-bond donors (Lipinski definition) is 3. The van der Waals surface area contributed by atoms with Crippen LogP contribution >= 0.6 is 0 Å². The summed E-state index contributed by atoms with van der Waals surface area (Å²) in [4.78, 5) is 2.13. The van der Waals surface area contributed by atoms with Gasteiger partial charge in [-0.2, -0.15) is 0 Å². The number of para-hydroxylation sites is 1. The van der Waals surface area contributed by atoms with Gasteiger partial charge in [0, 0.05) is 25.3 Å². The van der Waals surface area contributed by atoms with Crippen LogP contribution in [0, 0.1) is 0 Å². The number of anilines is 1. The lowest BCUT2D eigenvalue weighted by molar-refractivity contribution is 0.0428. The molecule has 2 rings (SSSR count). The fourth-order valence-corrected chi connectivity index (χ4v) is 2.35. The Kier molecular flexibility index (Phi) is 4.99. The van der Waals surface area contributed by atoms with Crippen LogP contribution in [0.2, 0.25) is 0 Å². The second kappa shape index (κ2) is 6.73. The van der Waals surface area contributed by atoms with E-state index in [1.807, 2.05) is 30.3 Å². The number of nitrogens with one attached hydrogen (secondary N) is 1. The molecule has 1 saturated heterocycles. The summed E-state index contributed by atoms with van der Waals surface area (Å²) in [5, 5.41) is 22.7. The van der Waals surface area contributed by atoms with Gasteiger partial charge in [0.15, 0.2) is 0 Å². The average Bonchev–Trinajstić information content (AvgIpc) is 2.38. The van der Waals surface area contributed by atoms with Crippen LogP contribution in [0.1, 0.15) is 12.8 Å². The van der Waals surface area contributed by atoms with Gasteiger partial charge in [-0.1, -0.05) is 18.2 Å². The van der Waals surface area contributed by atoms with Crippen LogP contribution in [0.4, 0.5) is 5.69 Å². The van der Waals surface area contributed by atoms with Gasteiger partial charge in [-0.3, -0.25) is 4.90 Å². The molecule has 18 heavy (non-hydrogen) atoms. The fourth-order valence-electron chi connectivity index (χ4n) is 2.35. The molecule has 1 aromatic rings. The average molecular weight is 250 g/mol. The molecule has 1 aliphatic rings. The van der Waals surface area contributed by atoms with Crippen LogP contribution in [-0.4, -0.2) is 53.5 Å². The first-order valence-electron chi connectivity index (χ1n) is 6.61. The summed E-state index contributed by atoms with van der Waals surface area (Å²) in [5.74, 6) is 0. The van der Waals surface area contributed by atoms with E-state index in [1.165, 1.54) is 0 Å². The maximum atomic E-state index is 9.96. The minimum atomic E-state index is -0.407. The number of aliphatic hydroxyl groups is 2. The fraction of sp³-hybridized carbons (Fsp3) is 0.571. The maximum absolute atomic E-state index is 9.96. The van der Waals surface area contributed by atoms with Crippen molar-refractivity contribution >= 4 is 5.69 Å². The SMILES string of the molecule is O[C@@H]1CCCN(C[C@@H](O)CNc2ccccc2)C1. The van der Waals surface area contributed by atoms with Crippen LogP contribution in [0.25, 0.3) is 0 Å². The number of benzene rings is 1. The normalized spacial score (nSPS) is 22.7. The minimum Gasteiger partial charge on any atom is -0.392 e. The van der Waals surface area contributed by atoms with Crippen LogP contribution in [0.15, 0.2) is 30.3 Å².